The van der Waals surface area contributed by atoms with Crippen molar-refractivity contribution < 1.29 is 64.3 Å². The molecule has 1 fully saturated rings. The van der Waals surface area contributed by atoms with E-state index in [0.717, 1.165) is 12.8 Å². The fourth-order valence-electron chi connectivity index (χ4n) is 1.75. The van der Waals surface area contributed by atoms with Crippen LogP contribution < -0.4 is 51.4 Å². The molecular formula is C7H14BF3KN. The van der Waals surface area contributed by atoms with Gasteiger partial charge in [0.1, 0.15) is 0 Å². The standard InChI is InChI=1S/C7H14BF3N.K/c1-7-3-2-4-12(5-7)6-8(9,10)11;/h7H,2-6H2,1H3;/q-1;+1/t7-;/m0./s1. The first-order chi connectivity index (χ1) is 5.47. The van der Waals surface area contributed by atoms with Crippen molar-refractivity contribution in [3.8, 4) is 0 Å². The second-order valence-electron chi connectivity index (χ2n) is 3.72. The van der Waals surface area contributed by atoms with Crippen LogP contribution in [0.25, 0.3) is 0 Å². The first kappa shape index (κ1) is 14.5. The van der Waals surface area contributed by atoms with Crippen LogP contribution in [0.1, 0.15) is 19.8 Å². The number of likely N-dealkylation sites (tertiary alicyclic amines) is 1. The topological polar surface area (TPSA) is 3.24 Å². The molecule has 1 heterocycles. The normalized spacial score (nSPS) is 25.4. The van der Waals surface area contributed by atoms with Gasteiger partial charge in [-0.1, -0.05) is 6.92 Å². The van der Waals surface area contributed by atoms with Gasteiger partial charge in [-0.2, -0.15) is 0 Å². The Morgan fingerprint density at radius 3 is 2.46 bits per heavy atom. The summed E-state index contributed by atoms with van der Waals surface area (Å²) in [5, 5.41) is 0. The van der Waals surface area contributed by atoms with Crippen molar-refractivity contribution in [2.45, 2.75) is 19.8 Å². The summed E-state index contributed by atoms with van der Waals surface area (Å²) in [4.78, 5) is 1.52. The molecule has 0 saturated carbocycles. The van der Waals surface area contributed by atoms with Gasteiger partial charge in [-0.25, -0.2) is 0 Å². The molecule has 0 aliphatic carbocycles. The predicted octanol–water partition coefficient (Wildman–Crippen LogP) is -0.891. The average Bonchev–Trinajstić information content (AvgIpc) is 1.82. The van der Waals surface area contributed by atoms with Gasteiger partial charge in [-0.05, 0) is 38.3 Å². The Morgan fingerprint density at radius 2 is 2.00 bits per heavy atom. The summed E-state index contributed by atoms with van der Waals surface area (Å²) in [6.45, 7) is -1.39. The summed E-state index contributed by atoms with van der Waals surface area (Å²) in [5.41, 5.74) is 0. The van der Waals surface area contributed by atoms with Crippen LogP contribution in [0.5, 0.6) is 0 Å². The summed E-state index contributed by atoms with van der Waals surface area (Å²) < 4.78 is 36.0. The number of hydrogen-bond donors (Lipinski definition) is 0. The van der Waals surface area contributed by atoms with E-state index in [1.807, 2.05) is 6.92 Å². The Kier molecular flexibility index (Phi) is 6.81. The molecule has 0 spiro atoms. The second kappa shape index (κ2) is 6.13. The minimum atomic E-state index is -4.62. The molecule has 0 aromatic carbocycles. The third-order valence-electron chi connectivity index (χ3n) is 2.21. The number of halogens is 3. The van der Waals surface area contributed by atoms with Gasteiger partial charge in [0.05, 0.1) is 0 Å². The van der Waals surface area contributed by atoms with Gasteiger partial charge in [0.25, 0.3) is 0 Å². The van der Waals surface area contributed by atoms with Crippen LogP contribution in [0, 0.1) is 5.92 Å². The van der Waals surface area contributed by atoms with Gasteiger partial charge in [-0.3, -0.25) is 0 Å². The summed E-state index contributed by atoms with van der Waals surface area (Å²) in [7, 11) is 0. The fraction of sp³-hybridized carbons (Fsp3) is 1.00. The first-order valence-corrected chi connectivity index (χ1v) is 4.41. The van der Waals surface area contributed by atoms with Gasteiger partial charge in [0, 0.05) is 0 Å². The van der Waals surface area contributed by atoms with Gasteiger partial charge >= 0.3 is 58.4 Å². The zero-order valence-corrected chi connectivity index (χ0v) is 11.4. The van der Waals surface area contributed by atoms with Crippen LogP contribution in [-0.2, 0) is 0 Å². The quantitative estimate of drug-likeness (QED) is 0.544. The molecule has 0 N–H and O–H groups in total. The Balaban J connectivity index is 0.00000144. The van der Waals surface area contributed by atoms with Gasteiger partial charge in [0.15, 0.2) is 0 Å². The second-order valence-corrected chi connectivity index (χ2v) is 3.72. The molecule has 1 saturated heterocycles. The Bertz CT molecular complexity index is 153. The molecule has 0 radical (unpaired) electrons. The number of nitrogens with zero attached hydrogens (tertiary/aromatic N) is 1. The molecule has 1 aliphatic rings. The van der Waals surface area contributed by atoms with Crippen LogP contribution in [0.4, 0.5) is 12.9 Å². The molecule has 1 atom stereocenters. The number of piperidine rings is 1. The third-order valence-corrected chi connectivity index (χ3v) is 2.21. The van der Waals surface area contributed by atoms with Crippen LogP contribution in [0.3, 0.4) is 0 Å². The maximum Gasteiger partial charge on any atom is 1.00 e. The minimum absolute atomic E-state index is 0. The molecule has 0 aromatic heterocycles. The summed E-state index contributed by atoms with van der Waals surface area (Å²) in [6, 6.07) is 0. The third kappa shape index (κ3) is 6.52. The van der Waals surface area contributed by atoms with Crippen LogP contribution in [0.2, 0.25) is 0 Å². The molecule has 0 unspecified atom stereocenters. The van der Waals surface area contributed by atoms with Crippen molar-refractivity contribution in [3.63, 3.8) is 0 Å². The predicted molar refractivity (Wildman–Crippen MR) is 43.9 cm³/mol. The molecule has 1 aliphatic heterocycles. The largest absolute Gasteiger partial charge is 1.00 e. The average molecular weight is 219 g/mol. The van der Waals surface area contributed by atoms with Crippen LogP contribution in [0.15, 0.2) is 0 Å². The van der Waals surface area contributed by atoms with Crippen LogP contribution in [-0.4, -0.2) is 31.4 Å². The van der Waals surface area contributed by atoms with E-state index in [-0.39, 0.29) is 51.4 Å². The zero-order chi connectivity index (χ0) is 9.19. The molecule has 13 heavy (non-hydrogen) atoms. The molecule has 1 rings (SSSR count). The van der Waals surface area contributed by atoms with E-state index in [4.69, 9.17) is 0 Å². The monoisotopic (exact) mass is 219 g/mol. The number of hydrogen-bond acceptors (Lipinski definition) is 1. The van der Waals surface area contributed by atoms with Crippen molar-refractivity contribution in [1.29, 1.82) is 0 Å². The van der Waals surface area contributed by atoms with E-state index < -0.39 is 13.4 Å². The maximum absolute atomic E-state index is 12.0. The van der Waals surface area contributed by atoms with Crippen molar-refractivity contribution in [1.82, 2.24) is 4.90 Å². The number of rotatable bonds is 2. The first-order valence-electron chi connectivity index (χ1n) is 4.41. The van der Waals surface area contributed by atoms with E-state index in [0.29, 0.717) is 19.0 Å². The summed E-state index contributed by atoms with van der Waals surface area (Å²) >= 11 is 0. The molecule has 0 amide bonds. The van der Waals surface area contributed by atoms with Crippen molar-refractivity contribution in [2.75, 3.05) is 19.5 Å². The van der Waals surface area contributed by atoms with Gasteiger partial charge in [0.2, 0.25) is 0 Å². The van der Waals surface area contributed by atoms with Gasteiger partial charge < -0.3 is 17.8 Å². The van der Waals surface area contributed by atoms with Crippen molar-refractivity contribution in [3.05, 3.63) is 0 Å². The smallest absolute Gasteiger partial charge is 0.448 e. The van der Waals surface area contributed by atoms with Gasteiger partial charge in [-0.15, -0.1) is 0 Å². The molecule has 0 bridgehead atoms. The molecular weight excluding hydrogens is 205 g/mol. The Hall–Kier alpha value is 1.45. The van der Waals surface area contributed by atoms with Crippen molar-refractivity contribution >= 4 is 6.98 Å². The van der Waals surface area contributed by atoms with E-state index in [1.165, 1.54) is 4.90 Å². The SMILES string of the molecule is C[C@H]1CCCN(C[B-](F)(F)F)C1.[K+]. The maximum atomic E-state index is 12.0. The zero-order valence-electron chi connectivity index (χ0n) is 8.27. The van der Waals surface area contributed by atoms with E-state index >= 15 is 0 Å². The summed E-state index contributed by atoms with van der Waals surface area (Å²) in [5.74, 6) is 0.428. The summed E-state index contributed by atoms with van der Waals surface area (Å²) in [6.07, 6.45) is 1.30. The minimum Gasteiger partial charge on any atom is -0.448 e. The molecule has 1 nitrogen and oxygen atoms in total. The molecule has 0 aromatic rings. The Labute approximate surface area is 120 Å². The van der Waals surface area contributed by atoms with Crippen LogP contribution >= 0.6 is 0 Å². The van der Waals surface area contributed by atoms with E-state index in [2.05, 4.69) is 0 Å². The van der Waals surface area contributed by atoms with E-state index in [9.17, 15) is 12.9 Å². The van der Waals surface area contributed by atoms with Crippen molar-refractivity contribution in [2.24, 2.45) is 5.92 Å². The molecule has 6 heteroatoms. The molecule has 72 valence electrons. The van der Waals surface area contributed by atoms with E-state index in [1.54, 1.807) is 0 Å². The Morgan fingerprint density at radius 1 is 1.38 bits per heavy atom. The fourth-order valence-corrected chi connectivity index (χ4v) is 1.75.